The summed E-state index contributed by atoms with van der Waals surface area (Å²) in [6.07, 6.45) is 0.370. The Hall–Kier alpha value is -0.620. The van der Waals surface area contributed by atoms with Gasteiger partial charge >= 0.3 is 0 Å². The standard InChI is InChI=1S/C13H16BrClN2O2/c1-19-5-4-17-12(18)7-11(16)13(17)8-2-3-10(15)9(14)6-8/h2-3,6,11,13H,4-5,7,16H2,1H3. The first-order valence-electron chi connectivity index (χ1n) is 6.03. The Morgan fingerprint density at radius 1 is 1.58 bits per heavy atom. The highest BCUT2D eigenvalue weighted by atomic mass is 79.9. The maximum absolute atomic E-state index is 12.0. The SMILES string of the molecule is COCCN1C(=O)CC(N)C1c1ccc(Cl)c(Br)c1. The van der Waals surface area contributed by atoms with Gasteiger partial charge in [-0.1, -0.05) is 17.7 Å². The Labute approximate surface area is 126 Å². The van der Waals surface area contributed by atoms with Gasteiger partial charge in [-0.05, 0) is 33.6 Å². The van der Waals surface area contributed by atoms with Gasteiger partial charge in [-0.25, -0.2) is 0 Å². The molecule has 0 aromatic heterocycles. The number of likely N-dealkylation sites (tertiary alicyclic amines) is 1. The summed E-state index contributed by atoms with van der Waals surface area (Å²) < 4.78 is 5.86. The minimum absolute atomic E-state index is 0.0700. The van der Waals surface area contributed by atoms with Crippen LogP contribution in [0.1, 0.15) is 18.0 Å². The highest BCUT2D eigenvalue weighted by Crippen LogP contribution is 2.34. The number of rotatable bonds is 4. The Bertz CT molecular complexity index is 484. The molecule has 1 fully saturated rings. The molecule has 104 valence electrons. The summed E-state index contributed by atoms with van der Waals surface area (Å²) >= 11 is 9.39. The highest BCUT2D eigenvalue weighted by Gasteiger charge is 2.38. The summed E-state index contributed by atoms with van der Waals surface area (Å²) in [5.41, 5.74) is 7.09. The molecule has 1 amide bonds. The molecule has 1 aromatic carbocycles. The molecule has 4 nitrogen and oxygen atoms in total. The van der Waals surface area contributed by atoms with Gasteiger partial charge in [0.2, 0.25) is 5.91 Å². The molecule has 0 bridgehead atoms. The molecule has 1 saturated heterocycles. The zero-order chi connectivity index (χ0) is 14.0. The van der Waals surface area contributed by atoms with Crippen molar-refractivity contribution < 1.29 is 9.53 Å². The van der Waals surface area contributed by atoms with E-state index in [9.17, 15) is 4.79 Å². The van der Waals surface area contributed by atoms with Crippen LogP contribution in [0.15, 0.2) is 22.7 Å². The van der Waals surface area contributed by atoms with Crippen LogP contribution in [-0.4, -0.2) is 37.1 Å². The lowest BCUT2D eigenvalue weighted by Gasteiger charge is -2.27. The molecule has 0 saturated carbocycles. The summed E-state index contributed by atoms with van der Waals surface area (Å²) in [7, 11) is 1.62. The van der Waals surface area contributed by atoms with Gasteiger partial charge in [0.1, 0.15) is 0 Å². The van der Waals surface area contributed by atoms with Gasteiger partial charge in [-0.2, -0.15) is 0 Å². The zero-order valence-electron chi connectivity index (χ0n) is 10.6. The van der Waals surface area contributed by atoms with Crippen LogP contribution in [0.25, 0.3) is 0 Å². The number of methoxy groups -OCH3 is 1. The van der Waals surface area contributed by atoms with Crippen molar-refractivity contribution in [3.63, 3.8) is 0 Å². The van der Waals surface area contributed by atoms with Gasteiger partial charge in [0.25, 0.3) is 0 Å². The average molecular weight is 348 g/mol. The third-order valence-electron chi connectivity index (χ3n) is 3.29. The first kappa shape index (κ1) is 14.8. The minimum Gasteiger partial charge on any atom is -0.383 e. The number of amides is 1. The molecule has 1 aliphatic rings. The molecule has 2 rings (SSSR count). The molecule has 2 unspecified atom stereocenters. The van der Waals surface area contributed by atoms with Crippen LogP contribution in [0.3, 0.4) is 0 Å². The predicted octanol–water partition coefficient (Wildman–Crippen LogP) is 2.35. The fourth-order valence-electron chi connectivity index (χ4n) is 2.39. The van der Waals surface area contributed by atoms with Crippen LogP contribution in [0, 0.1) is 0 Å². The van der Waals surface area contributed by atoms with Crippen molar-refractivity contribution in [2.75, 3.05) is 20.3 Å². The Morgan fingerprint density at radius 3 is 2.95 bits per heavy atom. The lowest BCUT2D eigenvalue weighted by Crippen LogP contribution is -2.35. The van der Waals surface area contributed by atoms with Gasteiger partial charge < -0.3 is 15.4 Å². The van der Waals surface area contributed by atoms with E-state index in [1.54, 1.807) is 12.0 Å². The molecule has 0 radical (unpaired) electrons. The summed E-state index contributed by atoms with van der Waals surface area (Å²) in [5.74, 6) is 0.0700. The van der Waals surface area contributed by atoms with Crippen molar-refractivity contribution in [3.8, 4) is 0 Å². The van der Waals surface area contributed by atoms with E-state index in [4.69, 9.17) is 22.1 Å². The molecule has 6 heteroatoms. The van der Waals surface area contributed by atoms with Crippen molar-refractivity contribution in [3.05, 3.63) is 33.3 Å². The van der Waals surface area contributed by atoms with Gasteiger partial charge in [-0.3, -0.25) is 4.79 Å². The Balaban J connectivity index is 2.28. The van der Waals surface area contributed by atoms with E-state index in [0.717, 1.165) is 10.0 Å². The molecule has 19 heavy (non-hydrogen) atoms. The monoisotopic (exact) mass is 346 g/mol. The number of ether oxygens (including phenoxy) is 1. The van der Waals surface area contributed by atoms with Crippen molar-refractivity contribution in [1.29, 1.82) is 0 Å². The van der Waals surface area contributed by atoms with Gasteiger partial charge in [-0.15, -0.1) is 0 Å². The topological polar surface area (TPSA) is 55.6 Å². The van der Waals surface area contributed by atoms with Crippen molar-refractivity contribution >= 4 is 33.4 Å². The fraction of sp³-hybridized carbons (Fsp3) is 0.462. The quantitative estimate of drug-likeness (QED) is 0.909. The fourth-order valence-corrected chi connectivity index (χ4v) is 2.91. The summed E-state index contributed by atoms with van der Waals surface area (Å²) in [6.45, 7) is 1.05. The normalized spacial score (nSPS) is 23.2. The Morgan fingerprint density at radius 2 is 2.32 bits per heavy atom. The van der Waals surface area contributed by atoms with E-state index in [-0.39, 0.29) is 18.0 Å². The zero-order valence-corrected chi connectivity index (χ0v) is 12.9. The molecule has 2 N–H and O–H groups in total. The van der Waals surface area contributed by atoms with E-state index in [1.165, 1.54) is 0 Å². The van der Waals surface area contributed by atoms with Crippen molar-refractivity contribution in [1.82, 2.24) is 4.90 Å². The smallest absolute Gasteiger partial charge is 0.224 e. The lowest BCUT2D eigenvalue weighted by atomic mass is 10.0. The third kappa shape index (κ3) is 3.11. The van der Waals surface area contributed by atoms with E-state index in [1.807, 2.05) is 18.2 Å². The number of carbonyl (C=O) groups is 1. The Kier molecular flexibility index (Phi) is 4.84. The van der Waals surface area contributed by atoms with E-state index >= 15 is 0 Å². The molecular formula is C13H16BrClN2O2. The molecule has 1 heterocycles. The number of carbonyl (C=O) groups excluding carboxylic acids is 1. The largest absolute Gasteiger partial charge is 0.383 e. The molecular weight excluding hydrogens is 332 g/mol. The molecule has 2 atom stereocenters. The van der Waals surface area contributed by atoms with Gasteiger partial charge in [0.05, 0.1) is 17.7 Å². The van der Waals surface area contributed by atoms with Crippen LogP contribution < -0.4 is 5.73 Å². The number of benzene rings is 1. The summed E-state index contributed by atoms with van der Waals surface area (Å²) in [4.78, 5) is 13.8. The van der Waals surface area contributed by atoms with Crippen LogP contribution in [0.4, 0.5) is 0 Å². The van der Waals surface area contributed by atoms with Gasteiger partial charge in [0, 0.05) is 30.6 Å². The second kappa shape index (κ2) is 6.22. The first-order valence-corrected chi connectivity index (χ1v) is 7.20. The van der Waals surface area contributed by atoms with E-state index in [2.05, 4.69) is 15.9 Å². The van der Waals surface area contributed by atoms with Crippen LogP contribution in [-0.2, 0) is 9.53 Å². The van der Waals surface area contributed by atoms with Crippen molar-refractivity contribution in [2.45, 2.75) is 18.5 Å². The number of halogens is 2. The van der Waals surface area contributed by atoms with E-state index in [0.29, 0.717) is 24.6 Å². The second-order valence-electron chi connectivity index (χ2n) is 4.57. The molecule has 0 aliphatic carbocycles. The summed E-state index contributed by atoms with van der Waals surface area (Å²) in [6, 6.07) is 5.33. The number of hydrogen-bond acceptors (Lipinski definition) is 3. The average Bonchev–Trinajstić information content (AvgIpc) is 2.65. The number of nitrogens with two attached hydrogens (primary N) is 1. The third-order valence-corrected chi connectivity index (χ3v) is 4.51. The summed E-state index contributed by atoms with van der Waals surface area (Å²) in [5, 5.41) is 0.644. The number of nitrogens with zero attached hydrogens (tertiary/aromatic N) is 1. The van der Waals surface area contributed by atoms with E-state index < -0.39 is 0 Å². The maximum Gasteiger partial charge on any atom is 0.224 e. The van der Waals surface area contributed by atoms with Crippen LogP contribution in [0.5, 0.6) is 0 Å². The predicted molar refractivity (Wildman–Crippen MR) is 78.1 cm³/mol. The molecule has 1 aromatic rings. The van der Waals surface area contributed by atoms with Crippen molar-refractivity contribution in [2.24, 2.45) is 5.73 Å². The first-order chi connectivity index (χ1) is 9.04. The lowest BCUT2D eigenvalue weighted by molar-refractivity contribution is -0.129. The highest BCUT2D eigenvalue weighted by molar-refractivity contribution is 9.10. The number of hydrogen-bond donors (Lipinski definition) is 1. The van der Waals surface area contributed by atoms with Crippen LogP contribution in [0.2, 0.25) is 5.02 Å². The minimum atomic E-state index is -0.197. The van der Waals surface area contributed by atoms with Crippen LogP contribution >= 0.6 is 27.5 Å². The molecule has 1 aliphatic heterocycles. The van der Waals surface area contributed by atoms with Gasteiger partial charge in [0.15, 0.2) is 0 Å². The second-order valence-corrected chi connectivity index (χ2v) is 5.83. The molecule has 0 spiro atoms. The maximum atomic E-state index is 12.0.